The number of halogens is 1. The fraction of sp³-hybridized carbons (Fsp3) is 0.571. The zero-order valence-electron chi connectivity index (χ0n) is 11.2. The quantitative estimate of drug-likeness (QED) is 0.895. The minimum absolute atomic E-state index is 0.151. The van der Waals surface area contributed by atoms with E-state index in [2.05, 4.69) is 12.2 Å². The first kappa shape index (κ1) is 13.1. The van der Waals surface area contributed by atoms with Crippen molar-refractivity contribution in [2.45, 2.75) is 32.2 Å². The van der Waals surface area contributed by atoms with Gasteiger partial charge in [0.1, 0.15) is 5.82 Å². The Morgan fingerprint density at radius 2 is 2.17 bits per heavy atom. The maximum atomic E-state index is 14.1. The Labute approximate surface area is 107 Å². The molecule has 100 valence electrons. The molecule has 0 aromatic heterocycles. The van der Waals surface area contributed by atoms with Crippen LogP contribution >= 0.6 is 0 Å². The monoisotopic (exact) mass is 253 g/mol. The largest absolute Gasteiger partial charge is 0.493 e. The molecule has 1 atom stereocenters. The van der Waals surface area contributed by atoms with E-state index in [9.17, 15) is 4.39 Å². The van der Waals surface area contributed by atoms with Crippen LogP contribution in [0.15, 0.2) is 6.07 Å². The molecule has 0 spiro atoms. The molecule has 0 amide bonds. The lowest BCUT2D eigenvalue weighted by atomic mass is 9.86. The van der Waals surface area contributed by atoms with Crippen molar-refractivity contribution in [2.24, 2.45) is 0 Å². The molecule has 4 heteroatoms. The third-order valence-corrected chi connectivity index (χ3v) is 3.48. The van der Waals surface area contributed by atoms with Crippen LogP contribution in [-0.4, -0.2) is 20.8 Å². The third-order valence-electron chi connectivity index (χ3n) is 3.48. The number of ether oxygens (including phenoxy) is 2. The van der Waals surface area contributed by atoms with Crippen molar-refractivity contribution >= 4 is 0 Å². The summed E-state index contributed by atoms with van der Waals surface area (Å²) in [5.41, 5.74) is 1.70. The van der Waals surface area contributed by atoms with Gasteiger partial charge in [0, 0.05) is 17.7 Å². The van der Waals surface area contributed by atoms with Crippen molar-refractivity contribution in [3.8, 4) is 11.5 Å². The van der Waals surface area contributed by atoms with Gasteiger partial charge in [0.25, 0.3) is 0 Å². The standard InChI is InChI=1S/C14H20FNO2/c1-4-16-11-7-5-6-9-10(15)8-12(17-2)14(18-3)13(9)11/h8,11,16H,4-7H2,1-3H3. The Bertz CT molecular complexity index is 434. The summed E-state index contributed by atoms with van der Waals surface area (Å²) in [6.45, 7) is 2.91. The van der Waals surface area contributed by atoms with Gasteiger partial charge in [0.2, 0.25) is 0 Å². The Kier molecular flexibility index (Phi) is 4.07. The van der Waals surface area contributed by atoms with E-state index in [1.165, 1.54) is 13.2 Å². The number of nitrogens with one attached hydrogen (secondary N) is 1. The Morgan fingerprint density at radius 1 is 1.39 bits per heavy atom. The smallest absolute Gasteiger partial charge is 0.165 e. The normalized spacial score (nSPS) is 18.3. The minimum atomic E-state index is -0.190. The van der Waals surface area contributed by atoms with Crippen LogP contribution in [0.5, 0.6) is 11.5 Å². The number of hydrogen-bond acceptors (Lipinski definition) is 3. The van der Waals surface area contributed by atoms with E-state index in [-0.39, 0.29) is 11.9 Å². The molecule has 1 N–H and O–H groups in total. The predicted octanol–water partition coefficient (Wildman–Crippen LogP) is 2.83. The van der Waals surface area contributed by atoms with Crippen LogP contribution in [0.4, 0.5) is 4.39 Å². The summed E-state index contributed by atoms with van der Waals surface area (Å²) in [6.07, 6.45) is 2.77. The molecule has 0 aliphatic heterocycles. The van der Waals surface area contributed by atoms with Crippen LogP contribution < -0.4 is 14.8 Å². The van der Waals surface area contributed by atoms with E-state index in [0.29, 0.717) is 11.5 Å². The molecule has 1 aliphatic carbocycles. The van der Waals surface area contributed by atoms with E-state index in [1.807, 2.05) is 0 Å². The predicted molar refractivity (Wildman–Crippen MR) is 68.9 cm³/mol. The summed E-state index contributed by atoms with van der Waals surface area (Å²) in [6, 6.07) is 1.57. The fourth-order valence-corrected chi connectivity index (χ4v) is 2.73. The maximum absolute atomic E-state index is 14.1. The molecule has 3 nitrogen and oxygen atoms in total. The second-order valence-electron chi connectivity index (χ2n) is 4.49. The van der Waals surface area contributed by atoms with Crippen LogP contribution in [0.2, 0.25) is 0 Å². The van der Waals surface area contributed by atoms with Crippen LogP contribution in [0.3, 0.4) is 0 Å². The van der Waals surface area contributed by atoms with Gasteiger partial charge in [-0.15, -0.1) is 0 Å². The molecule has 0 bridgehead atoms. The van der Waals surface area contributed by atoms with E-state index in [1.54, 1.807) is 7.11 Å². The van der Waals surface area contributed by atoms with Gasteiger partial charge in [-0.25, -0.2) is 4.39 Å². The molecule has 0 heterocycles. The van der Waals surface area contributed by atoms with Crippen LogP contribution in [0, 0.1) is 5.82 Å². The molecule has 0 saturated heterocycles. The van der Waals surface area contributed by atoms with Crippen LogP contribution in [0.25, 0.3) is 0 Å². The van der Waals surface area contributed by atoms with Crippen molar-refractivity contribution < 1.29 is 13.9 Å². The third kappa shape index (κ3) is 2.17. The van der Waals surface area contributed by atoms with Crippen molar-refractivity contribution in [3.63, 3.8) is 0 Å². The van der Waals surface area contributed by atoms with Crippen LogP contribution in [-0.2, 0) is 6.42 Å². The summed E-state index contributed by atoms with van der Waals surface area (Å²) >= 11 is 0. The molecule has 0 fully saturated rings. The summed E-state index contributed by atoms with van der Waals surface area (Å²) < 4.78 is 24.7. The van der Waals surface area contributed by atoms with Gasteiger partial charge in [0.05, 0.1) is 14.2 Å². The van der Waals surface area contributed by atoms with Crippen molar-refractivity contribution in [1.82, 2.24) is 5.32 Å². The molecule has 0 saturated carbocycles. The highest BCUT2D eigenvalue weighted by Gasteiger charge is 2.28. The van der Waals surface area contributed by atoms with E-state index in [4.69, 9.17) is 9.47 Å². The molecule has 18 heavy (non-hydrogen) atoms. The summed E-state index contributed by atoms with van der Waals surface area (Å²) in [7, 11) is 3.14. The molecular weight excluding hydrogens is 233 g/mol. The maximum Gasteiger partial charge on any atom is 0.165 e. The Morgan fingerprint density at radius 3 is 2.78 bits per heavy atom. The zero-order chi connectivity index (χ0) is 13.1. The average Bonchev–Trinajstić information content (AvgIpc) is 2.39. The Balaban J connectivity index is 2.57. The number of rotatable bonds is 4. The number of fused-ring (bicyclic) bond motifs is 1. The first-order valence-corrected chi connectivity index (χ1v) is 6.39. The summed E-state index contributed by atoms with van der Waals surface area (Å²) in [5.74, 6) is 0.948. The fourth-order valence-electron chi connectivity index (χ4n) is 2.73. The SMILES string of the molecule is CCNC1CCCc2c(F)cc(OC)c(OC)c21. The molecular formula is C14H20FNO2. The van der Waals surface area contributed by atoms with E-state index in [0.717, 1.165) is 36.9 Å². The van der Waals surface area contributed by atoms with Gasteiger partial charge in [-0.3, -0.25) is 0 Å². The molecule has 1 aromatic carbocycles. The van der Waals surface area contributed by atoms with E-state index < -0.39 is 0 Å². The van der Waals surface area contributed by atoms with Gasteiger partial charge >= 0.3 is 0 Å². The van der Waals surface area contributed by atoms with Gasteiger partial charge in [-0.05, 0) is 31.4 Å². The van der Waals surface area contributed by atoms with Crippen molar-refractivity contribution in [3.05, 3.63) is 23.0 Å². The van der Waals surface area contributed by atoms with Crippen molar-refractivity contribution in [2.75, 3.05) is 20.8 Å². The molecule has 1 unspecified atom stereocenters. The minimum Gasteiger partial charge on any atom is -0.493 e. The lowest BCUT2D eigenvalue weighted by Crippen LogP contribution is -2.26. The second kappa shape index (κ2) is 5.57. The highest BCUT2D eigenvalue weighted by Crippen LogP contribution is 2.43. The first-order chi connectivity index (χ1) is 8.72. The molecule has 2 rings (SSSR count). The second-order valence-corrected chi connectivity index (χ2v) is 4.49. The zero-order valence-corrected chi connectivity index (χ0v) is 11.2. The summed E-state index contributed by atoms with van der Waals surface area (Å²) in [5, 5.41) is 3.39. The molecule has 1 aliphatic rings. The lowest BCUT2D eigenvalue weighted by Gasteiger charge is -2.29. The molecule has 0 radical (unpaired) electrons. The van der Waals surface area contributed by atoms with Gasteiger partial charge in [-0.2, -0.15) is 0 Å². The lowest BCUT2D eigenvalue weighted by molar-refractivity contribution is 0.336. The average molecular weight is 253 g/mol. The Hall–Kier alpha value is -1.29. The highest BCUT2D eigenvalue weighted by molar-refractivity contribution is 5.54. The number of methoxy groups -OCH3 is 2. The topological polar surface area (TPSA) is 30.5 Å². The van der Waals surface area contributed by atoms with Gasteiger partial charge < -0.3 is 14.8 Å². The van der Waals surface area contributed by atoms with E-state index >= 15 is 0 Å². The number of benzene rings is 1. The summed E-state index contributed by atoms with van der Waals surface area (Å²) in [4.78, 5) is 0. The van der Waals surface area contributed by atoms with Crippen LogP contribution in [0.1, 0.15) is 36.9 Å². The molecule has 1 aromatic rings. The first-order valence-electron chi connectivity index (χ1n) is 6.39. The van der Waals surface area contributed by atoms with Gasteiger partial charge in [-0.1, -0.05) is 6.92 Å². The highest BCUT2D eigenvalue weighted by atomic mass is 19.1. The number of hydrogen-bond donors (Lipinski definition) is 1. The van der Waals surface area contributed by atoms with Crippen molar-refractivity contribution in [1.29, 1.82) is 0 Å². The van der Waals surface area contributed by atoms with Gasteiger partial charge in [0.15, 0.2) is 11.5 Å².